The Morgan fingerprint density at radius 1 is 1.55 bits per heavy atom. The molecule has 1 N–H and O–H groups in total. The van der Waals surface area contributed by atoms with E-state index in [1.807, 2.05) is 0 Å². The number of rotatable bonds is 0. The van der Waals surface area contributed by atoms with Crippen molar-refractivity contribution in [1.29, 1.82) is 0 Å². The van der Waals surface area contributed by atoms with Crippen LogP contribution in [-0.4, -0.2) is 9.78 Å². The summed E-state index contributed by atoms with van der Waals surface area (Å²) in [7, 11) is 1.45. The van der Waals surface area contributed by atoms with Gasteiger partial charge in [-0.25, -0.2) is 0 Å². The summed E-state index contributed by atoms with van der Waals surface area (Å²) in [6, 6.07) is 0. The van der Waals surface area contributed by atoms with Crippen LogP contribution in [0, 0.1) is 4.64 Å². The maximum Gasteiger partial charge on any atom is 0.420 e. The standard InChI is InChI=1S/C5H5F3N2S/c1-10-2-3(4(11)9-10)5(6,7)8/h2H,1H3,(H,9,11). The smallest absolute Gasteiger partial charge is 0.297 e. The van der Waals surface area contributed by atoms with Gasteiger partial charge in [-0.3, -0.25) is 9.78 Å². The van der Waals surface area contributed by atoms with Gasteiger partial charge in [0, 0.05) is 13.2 Å². The number of H-pyrrole nitrogens is 1. The monoisotopic (exact) mass is 182 g/mol. The van der Waals surface area contributed by atoms with Gasteiger partial charge in [-0.2, -0.15) is 13.2 Å². The van der Waals surface area contributed by atoms with Gasteiger partial charge in [0.15, 0.2) is 0 Å². The summed E-state index contributed by atoms with van der Waals surface area (Å²) >= 11 is 4.42. The molecule has 0 fully saturated rings. The molecule has 1 heterocycles. The molecule has 1 rings (SSSR count). The number of aromatic amines is 1. The molecule has 6 heteroatoms. The van der Waals surface area contributed by atoms with Gasteiger partial charge in [0.1, 0.15) is 10.2 Å². The Balaban J connectivity index is 3.25. The molecule has 0 amide bonds. The first-order valence-electron chi connectivity index (χ1n) is 2.74. The third-order valence-electron chi connectivity index (χ3n) is 1.15. The average molecular weight is 182 g/mol. The first-order valence-corrected chi connectivity index (χ1v) is 3.15. The van der Waals surface area contributed by atoms with E-state index >= 15 is 0 Å². The minimum atomic E-state index is -4.35. The van der Waals surface area contributed by atoms with E-state index in [-0.39, 0.29) is 4.64 Å². The molecule has 1 aromatic heterocycles. The number of aryl methyl sites for hydroxylation is 1. The number of hydrogen-bond donors (Lipinski definition) is 1. The third kappa shape index (κ3) is 1.62. The highest BCUT2D eigenvalue weighted by atomic mass is 32.1. The van der Waals surface area contributed by atoms with E-state index in [9.17, 15) is 13.2 Å². The van der Waals surface area contributed by atoms with E-state index in [0.717, 1.165) is 6.20 Å². The fourth-order valence-electron chi connectivity index (χ4n) is 0.707. The molecule has 1 aromatic rings. The molecule has 0 unspecified atom stereocenters. The highest BCUT2D eigenvalue weighted by molar-refractivity contribution is 7.71. The Morgan fingerprint density at radius 2 is 2.09 bits per heavy atom. The topological polar surface area (TPSA) is 20.7 Å². The highest BCUT2D eigenvalue weighted by Crippen LogP contribution is 2.29. The number of halogens is 3. The predicted octanol–water partition coefficient (Wildman–Crippen LogP) is 2.10. The van der Waals surface area contributed by atoms with Crippen molar-refractivity contribution in [3.63, 3.8) is 0 Å². The summed E-state index contributed by atoms with van der Waals surface area (Å²) in [5, 5.41) is 2.33. The van der Waals surface area contributed by atoms with Gasteiger partial charge in [0.2, 0.25) is 0 Å². The third-order valence-corrected chi connectivity index (χ3v) is 1.46. The van der Waals surface area contributed by atoms with Crippen molar-refractivity contribution in [3.8, 4) is 0 Å². The molecule has 0 spiro atoms. The van der Waals surface area contributed by atoms with Gasteiger partial charge < -0.3 is 0 Å². The van der Waals surface area contributed by atoms with E-state index in [2.05, 4.69) is 17.3 Å². The Hall–Kier alpha value is -0.780. The van der Waals surface area contributed by atoms with Crippen molar-refractivity contribution in [2.24, 2.45) is 7.05 Å². The van der Waals surface area contributed by atoms with Gasteiger partial charge >= 0.3 is 6.18 Å². The fraction of sp³-hybridized carbons (Fsp3) is 0.400. The molecule has 11 heavy (non-hydrogen) atoms. The van der Waals surface area contributed by atoms with E-state index in [0.29, 0.717) is 0 Å². The van der Waals surface area contributed by atoms with Crippen LogP contribution in [0.3, 0.4) is 0 Å². The average Bonchev–Trinajstić information content (AvgIpc) is 2.08. The molecular weight excluding hydrogens is 177 g/mol. The van der Waals surface area contributed by atoms with Crippen molar-refractivity contribution in [1.82, 2.24) is 9.78 Å². The Bertz CT molecular complexity index is 308. The van der Waals surface area contributed by atoms with E-state index in [1.165, 1.54) is 11.7 Å². The van der Waals surface area contributed by atoms with Crippen LogP contribution < -0.4 is 0 Å². The van der Waals surface area contributed by atoms with Crippen LogP contribution in [0.15, 0.2) is 6.20 Å². The first-order chi connectivity index (χ1) is 4.91. The Labute approximate surface area is 65.6 Å². The molecule has 0 saturated heterocycles. The van der Waals surface area contributed by atoms with Crippen LogP contribution in [-0.2, 0) is 13.2 Å². The SMILES string of the molecule is Cn1cc(C(F)(F)F)c(=S)[nH]1. The number of aromatic nitrogens is 2. The summed E-state index contributed by atoms with van der Waals surface area (Å²) in [5.74, 6) is 0. The fourth-order valence-corrected chi connectivity index (χ4v) is 1.02. The molecular formula is C5H5F3N2S. The van der Waals surface area contributed by atoms with E-state index < -0.39 is 11.7 Å². The summed E-state index contributed by atoms with van der Waals surface area (Å²) in [6.45, 7) is 0. The van der Waals surface area contributed by atoms with Crippen LogP contribution >= 0.6 is 12.2 Å². The highest BCUT2D eigenvalue weighted by Gasteiger charge is 2.33. The van der Waals surface area contributed by atoms with Gasteiger partial charge in [-0.1, -0.05) is 12.2 Å². The molecule has 0 saturated carbocycles. The zero-order valence-electron chi connectivity index (χ0n) is 5.57. The molecule has 2 nitrogen and oxygen atoms in total. The quantitative estimate of drug-likeness (QED) is 0.609. The lowest BCUT2D eigenvalue weighted by Crippen LogP contribution is -2.03. The maximum atomic E-state index is 12.0. The molecule has 0 atom stereocenters. The largest absolute Gasteiger partial charge is 0.420 e. The molecule has 0 radical (unpaired) electrons. The lowest BCUT2D eigenvalue weighted by atomic mass is 10.4. The maximum absolute atomic E-state index is 12.0. The first kappa shape index (κ1) is 8.32. The number of nitrogens with one attached hydrogen (secondary N) is 1. The molecule has 0 aromatic carbocycles. The zero-order chi connectivity index (χ0) is 8.65. The second kappa shape index (κ2) is 2.37. The van der Waals surface area contributed by atoms with Crippen LogP contribution in [0.1, 0.15) is 5.56 Å². The lowest BCUT2D eigenvalue weighted by molar-refractivity contribution is -0.138. The minimum absolute atomic E-state index is 0.278. The van der Waals surface area contributed by atoms with Gasteiger partial charge in [0.25, 0.3) is 0 Å². The lowest BCUT2D eigenvalue weighted by Gasteiger charge is -1.99. The normalized spacial score (nSPS) is 12.0. The van der Waals surface area contributed by atoms with Crippen LogP contribution in [0.4, 0.5) is 13.2 Å². The van der Waals surface area contributed by atoms with E-state index in [1.54, 1.807) is 0 Å². The van der Waals surface area contributed by atoms with Crippen molar-refractivity contribution >= 4 is 12.2 Å². The van der Waals surface area contributed by atoms with Crippen molar-refractivity contribution in [2.75, 3.05) is 0 Å². The second-order valence-corrected chi connectivity index (χ2v) is 2.50. The zero-order valence-corrected chi connectivity index (χ0v) is 6.38. The molecule has 0 bridgehead atoms. The predicted molar refractivity (Wildman–Crippen MR) is 35.6 cm³/mol. The second-order valence-electron chi connectivity index (χ2n) is 2.09. The minimum Gasteiger partial charge on any atom is -0.297 e. The Kier molecular flexibility index (Phi) is 1.79. The number of nitrogens with zero attached hydrogens (tertiary/aromatic N) is 1. The van der Waals surface area contributed by atoms with Crippen molar-refractivity contribution in [3.05, 3.63) is 16.4 Å². The summed E-state index contributed by atoms with van der Waals surface area (Å²) in [5.41, 5.74) is -0.796. The van der Waals surface area contributed by atoms with Crippen molar-refractivity contribution < 1.29 is 13.2 Å². The van der Waals surface area contributed by atoms with Gasteiger partial charge in [-0.15, -0.1) is 0 Å². The molecule has 0 aliphatic rings. The summed E-state index contributed by atoms with van der Waals surface area (Å²) < 4.78 is 36.8. The van der Waals surface area contributed by atoms with Crippen LogP contribution in [0.2, 0.25) is 0 Å². The van der Waals surface area contributed by atoms with Gasteiger partial charge in [-0.05, 0) is 0 Å². The number of hydrogen-bond acceptors (Lipinski definition) is 1. The van der Waals surface area contributed by atoms with Gasteiger partial charge in [0.05, 0.1) is 0 Å². The summed E-state index contributed by atoms with van der Waals surface area (Å²) in [6.07, 6.45) is -3.43. The Morgan fingerprint density at radius 3 is 2.27 bits per heavy atom. The van der Waals surface area contributed by atoms with Crippen LogP contribution in [0.5, 0.6) is 0 Å². The number of alkyl halides is 3. The van der Waals surface area contributed by atoms with Crippen molar-refractivity contribution in [2.45, 2.75) is 6.18 Å². The van der Waals surface area contributed by atoms with Crippen LogP contribution in [0.25, 0.3) is 0 Å². The molecule has 0 aliphatic carbocycles. The summed E-state index contributed by atoms with van der Waals surface area (Å²) in [4.78, 5) is 0. The molecule has 0 aliphatic heterocycles. The van der Waals surface area contributed by atoms with E-state index in [4.69, 9.17) is 0 Å². The molecule has 62 valence electrons.